The first-order valence-corrected chi connectivity index (χ1v) is 7.80. The second-order valence-corrected chi connectivity index (χ2v) is 6.56. The lowest BCUT2D eigenvalue weighted by atomic mass is 9.91. The van der Waals surface area contributed by atoms with Gasteiger partial charge >= 0.3 is 0 Å². The summed E-state index contributed by atoms with van der Waals surface area (Å²) >= 11 is 0. The summed E-state index contributed by atoms with van der Waals surface area (Å²) in [6, 6.07) is 6.16. The van der Waals surface area contributed by atoms with E-state index in [9.17, 15) is 13.2 Å². The average molecular weight is 268 g/mol. The maximum atomic E-state index is 12.2. The Labute approximate surface area is 107 Å². The number of carbonyl (C=O) groups excluding carboxylic acids is 1. The van der Waals surface area contributed by atoms with Crippen LogP contribution in [0.25, 0.3) is 0 Å². The van der Waals surface area contributed by atoms with Crippen LogP contribution in [0.1, 0.15) is 23.2 Å². The molecule has 1 aromatic carbocycles. The minimum Gasteiger partial charge on any atom is -0.381 e. The maximum absolute atomic E-state index is 12.2. The Balaban J connectivity index is 2.16. The number of rotatable bonds is 3. The van der Waals surface area contributed by atoms with Crippen molar-refractivity contribution in [3.8, 4) is 0 Å². The SMILES string of the molecule is CS(=O)(=O)c1ccc(C(=O)C2CCOCC2)cc1. The van der Waals surface area contributed by atoms with Crippen molar-refractivity contribution < 1.29 is 17.9 Å². The zero-order chi connectivity index (χ0) is 13.2. The van der Waals surface area contributed by atoms with E-state index in [1.807, 2.05) is 0 Å². The summed E-state index contributed by atoms with van der Waals surface area (Å²) in [5.41, 5.74) is 0.578. The molecule has 0 unspecified atom stereocenters. The van der Waals surface area contributed by atoms with Crippen LogP contribution in [0.15, 0.2) is 29.2 Å². The zero-order valence-corrected chi connectivity index (χ0v) is 11.1. The Kier molecular flexibility index (Phi) is 3.82. The molecule has 1 aromatic rings. The largest absolute Gasteiger partial charge is 0.381 e. The van der Waals surface area contributed by atoms with Crippen LogP contribution in [-0.4, -0.2) is 33.7 Å². The molecule has 0 aliphatic carbocycles. The van der Waals surface area contributed by atoms with E-state index in [2.05, 4.69) is 0 Å². The molecule has 0 spiro atoms. The molecule has 1 heterocycles. The highest BCUT2D eigenvalue weighted by molar-refractivity contribution is 7.90. The number of ether oxygens (including phenoxy) is 1. The lowest BCUT2D eigenvalue weighted by Crippen LogP contribution is -2.23. The molecule has 18 heavy (non-hydrogen) atoms. The van der Waals surface area contributed by atoms with Crippen molar-refractivity contribution in [2.45, 2.75) is 17.7 Å². The molecule has 0 N–H and O–H groups in total. The second-order valence-electron chi connectivity index (χ2n) is 4.55. The van der Waals surface area contributed by atoms with E-state index < -0.39 is 9.84 Å². The van der Waals surface area contributed by atoms with Gasteiger partial charge in [0.15, 0.2) is 15.6 Å². The van der Waals surface area contributed by atoms with E-state index in [0.717, 1.165) is 19.1 Å². The van der Waals surface area contributed by atoms with Gasteiger partial charge in [0.05, 0.1) is 4.90 Å². The van der Waals surface area contributed by atoms with Crippen LogP contribution >= 0.6 is 0 Å². The zero-order valence-electron chi connectivity index (χ0n) is 10.3. The molecule has 0 bridgehead atoms. The first-order chi connectivity index (χ1) is 8.48. The van der Waals surface area contributed by atoms with Gasteiger partial charge < -0.3 is 4.74 Å². The number of ketones is 1. The third kappa shape index (κ3) is 2.97. The van der Waals surface area contributed by atoms with Crippen LogP contribution in [0.3, 0.4) is 0 Å². The highest BCUT2D eigenvalue weighted by Gasteiger charge is 2.22. The quantitative estimate of drug-likeness (QED) is 0.783. The fourth-order valence-corrected chi connectivity index (χ4v) is 2.69. The molecule has 5 heteroatoms. The molecule has 1 aliphatic heterocycles. The molecule has 2 rings (SSSR count). The standard InChI is InChI=1S/C13H16O4S/c1-18(15,16)12-4-2-10(3-5-12)13(14)11-6-8-17-9-7-11/h2-5,11H,6-9H2,1H3. The summed E-state index contributed by atoms with van der Waals surface area (Å²) < 4.78 is 27.8. The smallest absolute Gasteiger partial charge is 0.175 e. The topological polar surface area (TPSA) is 60.4 Å². The molecule has 1 saturated heterocycles. The molecule has 0 saturated carbocycles. The monoisotopic (exact) mass is 268 g/mol. The molecule has 1 aliphatic rings. The van der Waals surface area contributed by atoms with Gasteiger partial charge in [-0.3, -0.25) is 4.79 Å². The predicted octanol–water partition coefficient (Wildman–Crippen LogP) is 1.70. The molecular weight excluding hydrogens is 252 g/mol. The second kappa shape index (κ2) is 5.20. The number of hydrogen-bond acceptors (Lipinski definition) is 4. The average Bonchev–Trinajstić information content (AvgIpc) is 2.38. The Morgan fingerprint density at radius 2 is 1.72 bits per heavy atom. The molecule has 98 valence electrons. The van der Waals surface area contributed by atoms with Crippen LogP contribution < -0.4 is 0 Å². The number of benzene rings is 1. The van der Waals surface area contributed by atoms with Crippen LogP contribution in [0.5, 0.6) is 0 Å². The number of hydrogen-bond donors (Lipinski definition) is 0. The Morgan fingerprint density at radius 3 is 2.22 bits per heavy atom. The predicted molar refractivity (Wildman–Crippen MR) is 67.4 cm³/mol. The Morgan fingerprint density at radius 1 is 1.17 bits per heavy atom. The highest BCUT2D eigenvalue weighted by Crippen LogP contribution is 2.21. The van der Waals surface area contributed by atoms with Gasteiger partial charge in [-0.25, -0.2) is 8.42 Å². The van der Waals surface area contributed by atoms with Gasteiger partial charge in [-0.2, -0.15) is 0 Å². The Bertz CT molecular complexity index is 525. The van der Waals surface area contributed by atoms with E-state index in [1.165, 1.54) is 12.1 Å². The van der Waals surface area contributed by atoms with Gasteiger partial charge in [0.2, 0.25) is 0 Å². The van der Waals surface area contributed by atoms with Crippen LogP contribution in [0.2, 0.25) is 0 Å². The summed E-state index contributed by atoms with van der Waals surface area (Å²) in [4.78, 5) is 12.4. The van der Waals surface area contributed by atoms with Gasteiger partial charge in [-0.1, -0.05) is 12.1 Å². The number of sulfone groups is 1. The maximum Gasteiger partial charge on any atom is 0.175 e. The molecular formula is C13H16O4S. The summed E-state index contributed by atoms with van der Waals surface area (Å²) in [6.07, 6.45) is 2.64. The van der Waals surface area contributed by atoms with Crippen molar-refractivity contribution in [1.29, 1.82) is 0 Å². The first-order valence-electron chi connectivity index (χ1n) is 5.90. The van der Waals surface area contributed by atoms with Gasteiger partial charge in [0, 0.05) is 31.0 Å². The Hall–Kier alpha value is -1.20. The normalized spacial score (nSPS) is 17.6. The summed E-state index contributed by atoms with van der Waals surface area (Å²) in [5, 5.41) is 0. The third-order valence-electron chi connectivity index (χ3n) is 3.16. The molecule has 4 nitrogen and oxygen atoms in total. The van der Waals surface area contributed by atoms with E-state index in [1.54, 1.807) is 12.1 Å². The summed E-state index contributed by atoms with van der Waals surface area (Å²) in [7, 11) is -3.20. The van der Waals surface area contributed by atoms with Crippen molar-refractivity contribution in [1.82, 2.24) is 0 Å². The first kappa shape index (κ1) is 13.2. The third-order valence-corrected chi connectivity index (χ3v) is 4.29. The van der Waals surface area contributed by atoms with E-state index in [0.29, 0.717) is 18.8 Å². The van der Waals surface area contributed by atoms with Gasteiger partial charge in [-0.05, 0) is 25.0 Å². The van der Waals surface area contributed by atoms with Crippen molar-refractivity contribution in [2.75, 3.05) is 19.5 Å². The lowest BCUT2D eigenvalue weighted by Gasteiger charge is -2.20. The van der Waals surface area contributed by atoms with Crippen LogP contribution in [-0.2, 0) is 14.6 Å². The lowest BCUT2D eigenvalue weighted by molar-refractivity contribution is 0.0545. The number of carbonyl (C=O) groups is 1. The van der Waals surface area contributed by atoms with Gasteiger partial charge in [-0.15, -0.1) is 0 Å². The molecule has 1 fully saturated rings. The van der Waals surface area contributed by atoms with E-state index in [-0.39, 0.29) is 16.6 Å². The summed E-state index contributed by atoms with van der Waals surface area (Å²) in [5.74, 6) is 0.0844. The fourth-order valence-electron chi connectivity index (χ4n) is 2.06. The van der Waals surface area contributed by atoms with E-state index >= 15 is 0 Å². The van der Waals surface area contributed by atoms with Crippen molar-refractivity contribution in [3.63, 3.8) is 0 Å². The van der Waals surface area contributed by atoms with E-state index in [4.69, 9.17) is 4.74 Å². The van der Waals surface area contributed by atoms with Crippen molar-refractivity contribution in [2.24, 2.45) is 5.92 Å². The molecule has 0 amide bonds. The molecule has 0 atom stereocenters. The fraction of sp³-hybridized carbons (Fsp3) is 0.462. The summed E-state index contributed by atoms with van der Waals surface area (Å²) in [6.45, 7) is 1.25. The molecule has 0 radical (unpaired) electrons. The minimum atomic E-state index is -3.20. The van der Waals surface area contributed by atoms with Gasteiger partial charge in [0.1, 0.15) is 0 Å². The van der Waals surface area contributed by atoms with Crippen molar-refractivity contribution >= 4 is 15.6 Å². The highest BCUT2D eigenvalue weighted by atomic mass is 32.2. The van der Waals surface area contributed by atoms with Gasteiger partial charge in [0.25, 0.3) is 0 Å². The number of Topliss-reactive ketones (excluding diaryl/α,β-unsaturated/α-hetero) is 1. The minimum absolute atomic E-state index is 0.00262. The van der Waals surface area contributed by atoms with Crippen LogP contribution in [0, 0.1) is 5.92 Å². The molecule has 0 aromatic heterocycles. The van der Waals surface area contributed by atoms with Crippen molar-refractivity contribution in [3.05, 3.63) is 29.8 Å². The van der Waals surface area contributed by atoms with Crippen LogP contribution in [0.4, 0.5) is 0 Å².